The second-order valence-electron chi connectivity index (χ2n) is 3.19. The van der Waals surface area contributed by atoms with Gasteiger partial charge in [0.25, 0.3) is 0 Å². The van der Waals surface area contributed by atoms with Crippen LogP contribution in [0.3, 0.4) is 0 Å². The van der Waals surface area contributed by atoms with Gasteiger partial charge in [0.15, 0.2) is 0 Å². The predicted octanol–water partition coefficient (Wildman–Crippen LogP) is 1.07. The molecule has 0 saturated carbocycles. The van der Waals surface area contributed by atoms with E-state index < -0.39 is 6.04 Å². The van der Waals surface area contributed by atoms with Crippen LogP contribution in [0.15, 0.2) is 18.5 Å². The molecule has 1 heterocycles. The largest absolute Gasteiger partial charge is 0.323 e. The number of aryl methyl sites for hydroxylation is 1. The van der Waals surface area contributed by atoms with Crippen LogP contribution in [0.1, 0.15) is 18.9 Å². The van der Waals surface area contributed by atoms with Crippen LogP contribution in [-0.2, 0) is 4.79 Å². The Kier molecular flexibility index (Phi) is 3.59. The first-order valence-electron chi connectivity index (χ1n) is 4.62. The highest BCUT2D eigenvalue weighted by Crippen LogP contribution is 2.11. The number of hydrogen-bond acceptors (Lipinski definition) is 3. The Hall–Kier alpha value is -1.42. The van der Waals surface area contributed by atoms with Crippen molar-refractivity contribution in [2.45, 2.75) is 26.3 Å². The topological polar surface area (TPSA) is 68.0 Å². The highest BCUT2D eigenvalue weighted by Gasteiger charge is 2.11. The van der Waals surface area contributed by atoms with Crippen LogP contribution in [0.2, 0.25) is 0 Å². The molecule has 0 radical (unpaired) electrons. The summed E-state index contributed by atoms with van der Waals surface area (Å²) < 4.78 is 0. The van der Waals surface area contributed by atoms with Crippen LogP contribution in [0.5, 0.6) is 0 Å². The van der Waals surface area contributed by atoms with E-state index in [0.717, 1.165) is 11.3 Å². The number of aromatic nitrogens is 1. The number of anilines is 1. The first-order valence-corrected chi connectivity index (χ1v) is 4.62. The van der Waals surface area contributed by atoms with E-state index in [4.69, 9.17) is 5.73 Å². The molecule has 1 aromatic heterocycles. The van der Waals surface area contributed by atoms with Gasteiger partial charge in [0.1, 0.15) is 0 Å². The summed E-state index contributed by atoms with van der Waals surface area (Å²) in [7, 11) is 0. The second kappa shape index (κ2) is 4.72. The molecule has 4 nitrogen and oxygen atoms in total. The third-order valence-corrected chi connectivity index (χ3v) is 2.07. The standard InChI is InChI=1S/C10H15N3O/c1-3-8(11)10(14)13-9-6-12-5-4-7(9)2/h4-6,8H,3,11H2,1-2H3,(H,13,14). The summed E-state index contributed by atoms with van der Waals surface area (Å²) in [5.74, 6) is -0.163. The average molecular weight is 193 g/mol. The molecule has 0 aliphatic heterocycles. The number of rotatable bonds is 3. The van der Waals surface area contributed by atoms with E-state index in [2.05, 4.69) is 10.3 Å². The third kappa shape index (κ3) is 2.53. The van der Waals surface area contributed by atoms with Gasteiger partial charge in [0.2, 0.25) is 5.91 Å². The van der Waals surface area contributed by atoms with E-state index >= 15 is 0 Å². The van der Waals surface area contributed by atoms with Gasteiger partial charge in [0.05, 0.1) is 17.9 Å². The van der Waals surface area contributed by atoms with Crippen molar-refractivity contribution in [1.29, 1.82) is 0 Å². The molecule has 0 bridgehead atoms. The molecule has 4 heteroatoms. The van der Waals surface area contributed by atoms with Crippen LogP contribution in [0.4, 0.5) is 5.69 Å². The molecule has 14 heavy (non-hydrogen) atoms. The smallest absolute Gasteiger partial charge is 0.241 e. The molecule has 1 aromatic rings. The number of amides is 1. The first-order chi connectivity index (χ1) is 6.65. The van der Waals surface area contributed by atoms with E-state index in [1.54, 1.807) is 12.4 Å². The molecule has 1 amide bonds. The van der Waals surface area contributed by atoms with Gasteiger partial charge in [-0.05, 0) is 25.0 Å². The van der Waals surface area contributed by atoms with Crippen molar-refractivity contribution in [3.05, 3.63) is 24.0 Å². The minimum absolute atomic E-state index is 0.163. The van der Waals surface area contributed by atoms with E-state index in [1.807, 2.05) is 19.9 Å². The molecular formula is C10H15N3O. The summed E-state index contributed by atoms with van der Waals surface area (Å²) in [6.07, 6.45) is 3.94. The maximum Gasteiger partial charge on any atom is 0.241 e. The number of nitrogens with zero attached hydrogens (tertiary/aromatic N) is 1. The molecule has 1 atom stereocenters. The van der Waals surface area contributed by atoms with Crippen molar-refractivity contribution in [3.8, 4) is 0 Å². The molecule has 0 aromatic carbocycles. The van der Waals surface area contributed by atoms with Gasteiger partial charge in [0, 0.05) is 6.20 Å². The maximum absolute atomic E-state index is 11.4. The van der Waals surface area contributed by atoms with E-state index in [-0.39, 0.29) is 5.91 Å². The predicted molar refractivity (Wildman–Crippen MR) is 55.9 cm³/mol. The van der Waals surface area contributed by atoms with Crippen molar-refractivity contribution < 1.29 is 4.79 Å². The number of carbonyl (C=O) groups is 1. The van der Waals surface area contributed by atoms with Crippen LogP contribution in [-0.4, -0.2) is 16.9 Å². The lowest BCUT2D eigenvalue weighted by Gasteiger charge is -2.11. The lowest BCUT2D eigenvalue weighted by Crippen LogP contribution is -2.35. The summed E-state index contributed by atoms with van der Waals surface area (Å²) in [6.45, 7) is 3.79. The van der Waals surface area contributed by atoms with Gasteiger partial charge in [-0.2, -0.15) is 0 Å². The molecule has 0 fully saturated rings. The average Bonchev–Trinajstić information content (AvgIpc) is 2.20. The van der Waals surface area contributed by atoms with Gasteiger partial charge in [-0.25, -0.2) is 0 Å². The fourth-order valence-electron chi connectivity index (χ4n) is 1.01. The molecule has 0 aliphatic rings. The number of nitrogens with one attached hydrogen (secondary N) is 1. The quantitative estimate of drug-likeness (QED) is 0.754. The fourth-order valence-corrected chi connectivity index (χ4v) is 1.01. The number of carbonyl (C=O) groups excluding carboxylic acids is 1. The van der Waals surface area contributed by atoms with Crippen molar-refractivity contribution in [1.82, 2.24) is 4.98 Å². The van der Waals surface area contributed by atoms with Gasteiger partial charge >= 0.3 is 0 Å². The van der Waals surface area contributed by atoms with Gasteiger partial charge < -0.3 is 11.1 Å². The van der Waals surface area contributed by atoms with E-state index in [1.165, 1.54) is 0 Å². The molecule has 76 valence electrons. The Morgan fingerprint density at radius 2 is 2.43 bits per heavy atom. The summed E-state index contributed by atoms with van der Waals surface area (Å²) in [5.41, 5.74) is 7.29. The molecule has 1 rings (SSSR count). The monoisotopic (exact) mass is 193 g/mol. The Labute approximate surface area is 83.5 Å². The summed E-state index contributed by atoms with van der Waals surface area (Å²) in [6, 6.07) is 1.39. The lowest BCUT2D eigenvalue weighted by molar-refractivity contribution is -0.117. The van der Waals surface area contributed by atoms with Crippen molar-refractivity contribution in [3.63, 3.8) is 0 Å². The minimum atomic E-state index is -0.449. The van der Waals surface area contributed by atoms with Crippen molar-refractivity contribution in [2.75, 3.05) is 5.32 Å². The Bertz CT molecular complexity index is 325. The van der Waals surface area contributed by atoms with Crippen LogP contribution in [0.25, 0.3) is 0 Å². The number of pyridine rings is 1. The normalized spacial score (nSPS) is 12.2. The molecular weight excluding hydrogens is 178 g/mol. The second-order valence-corrected chi connectivity index (χ2v) is 3.19. The SMILES string of the molecule is CCC(N)C(=O)Nc1cnccc1C. The van der Waals surface area contributed by atoms with Crippen LogP contribution >= 0.6 is 0 Å². The third-order valence-electron chi connectivity index (χ3n) is 2.07. The zero-order valence-electron chi connectivity index (χ0n) is 8.45. The molecule has 0 spiro atoms. The van der Waals surface area contributed by atoms with Gasteiger partial charge in [-0.15, -0.1) is 0 Å². The van der Waals surface area contributed by atoms with Crippen molar-refractivity contribution >= 4 is 11.6 Å². The first kappa shape index (κ1) is 10.7. The molecule has 0 saturated heterocycles. The Morgan fingerprint density at radius 1 is 1.71 bits per heavy atom. The van der Waals surface area contributed by atoms with Crippen LogP contribution in [0, 0.1) is 6.92 Å². The fraction of sp³-hybridized carbons (Fsp3) is 0.400. The summed E-state index contributed by atoms with van der Waals surface area (Å²) in [5, 5.41) is 2.73. The van der Waals surface area contributed by atoms with E-state index in [9.17, 15) is 4.79 Å². The van der Waals surface area contributed by atoms with Gasteiger partial charge in [-0.1, -0.05) is 6.92 Å². The Morgan fingerprint density at radius 3 is 3.00 bits per heavy atom. The number of nitrogens with two attached hydrogens (primary N) is 1. The molecule has 3 N–H and O–H groups in total. The number of hydrogen-bond donors (Lipinski definition) is 2. The minimum Gasteiger partial charge on any atom is -0.323 e. The van der Waals surface area contributed by atoms with E-state index in [0.29, 0.717) is 6.42 Å². The summed E-state index contributed by atoms with van der Waals surface area (Å²) >= 11 is 0. The molecule has 1 unspecified atom stereocenters. The van der Waals surface area contributed by atoms with Gasteiger partial charge in [-0.3, -0.25) is 9.78 Å². The maximum atomic E-state index is 11.4. The Balaban J connectivity index is 2.70. The zero-order valence-corrected chi connectivity index (χ0v) is 8.45. The zero-order chi connectivity index (χ0) is 10.6. The highest BCUT2D eigenvalue weighted by molar-refractivity contribution is 5.95. The van der Waals surface area contributed by atoms with Crippen molar-refractivity contribution in [2.24, 2.45) is 5.73 Å². The van der Waals surface area contributed by atoms with Crippen LogP contribution < -0.4 is 11.1 Å². The summed E-state index contributed by atoms with van der Waals surface area (Å²) in [4.78, 5) is 15.4. The lowest BCUT2D eigenvalue weighted by atomic mass is 10.2. The molecule has 0 aliphatic carbocycles. The highest BCUT2D eigenvalue weighted by atomic mass is 16.2.